The van der Waals surface area contributed by atoms with Crippen molar-refractivity contribution in [3.8, 4) is 0 Å². The maximum absolute atomic E-state index is 13.0. The molecule has 1 saturated carbocycles. The van der Waals surface area contributed by atoms with E-state index < -0.39 is 0 Å². The molecule has 3 heteroatoms. The summed E-state index contributed by atoms with van der Waals surface area (Å²) in [5, 5.41) is 0. The fourth-order valence-electron chi connectivity index (χ4n) is 4.42. The highest BCUT2D eigenvalue weighted by Crippen LogP contribution is 2.39. The Bertz CT molecular complexity index is 356. The smallest absolute Gasteiger partial charge is 0.228 e. The summed E-state index contributed by atoms with van der Waals surface area (Å²) in [5.41, 5.74) is -0.301. The quantitative estimate of drug-likeness (QED) is 0.770. The largest absolute Gasteiger partial charge is 0.339 e. The first-order valence-electron chi connectivity index (χ1n) is 8.24. The maximum Gasteiger partial charge on any atom is 0.228 e. The molecule has 2 rings (SSSR count). The number of amides is 1. The Hall–Kier alpha value is -0.180. The topological polar surface area (TPSA) is 20.3 Å². The maximum atomic E-state index is 13.0. The third-order valence-corrected chi connectivity index (χ3v) is 5.12. The highest BCUT2D eigenvalue weighted by Gasteiger charge is 2.42. The zero-order valence-electron chi connectivity index (χ0n) is 13.6. The number of fused-ring (bicyclic) bond motifs is 1. The summed E-state index contributed by atoms with van der Waals surface area (Å²) in [6.07, 6.45) is 8.54. The predicted octanol–water partition coefficient (Wildman–Crippen LogP) is 4.29. The number of thiol groups is 1. The molecule has 1 amide bonds. The Morgan fingerprint density at radius 3 is 2.35 bits per heavy atom. The van der Waals surface area contributed by atoms with Crippen molar-refractivity contribution in [1.82, 2.24) is 4.90 Å². The summed E-state index contributed by atoms with van der Waals surface area (Å²) >= 11 is 4.63. The minimum absolute atomic E-state index is 0.0963. The van der Waals surface area contributed by atoms with Gasteiger partial charge in [-0.25, -0.2) is 0 Å². The summed E-state index contributed by atoms with van der Waals surface area (Å²) < 4.78 is -0.0963. The van der Waals surface area contributed by atoms with Crippen molar-refractivity contribution >= 4 is 18.5 Å². The van der Waals surface area contributed by atoms with E-state index in [1.165, 1.54) is 38.5 Å². The van der Waals surface area contributed by atoms with Crippen LogP contribution in [0.2, 0.25) is 0 Å². The molecule has 0 aromatic heterocycles. The van der Waals surface area contributed by atoms with Gasteiger partial charge in [0.2, 0.25) is 5.91 Å². The lowest BCUT2D eigenvalue weighted by molar-refractivity contribution is -0.147. The van der Waals surface area contributed by atoms with E-state index >= 15 is 0 Å². The third kappa shape index (κ3) is 3.72. The van der Waals surface area contributed by atoms with Crippen LogP contribution < -0.4 is 0 Å². The third-order valence-electron chi connectivity index (χ3n) is 4.96. The van der Waals surface area contributed by atoms with Crippen LogP contribution >= 0.6 is 12.6 Å². The number of carbonyl (C=O) groups is 1. The molecule has 1 saturated heterocycles. The highest BCUT2D eigenvalue weighted by atomic mass is 32.1. The van der Waals surface area contributed by atoms with Crippen molar-refractivity contribution in [2.45, 2.75) is 83.4 Å². The number of hydrogen-bond donors (Lipinski definition) is 1. The van der Waals surface area contributed by atoms with Crippen LogP contribution in [0.3, 0.4) is 0 Å². The zero-order chi connectivity index (χ0) is 15.0. The SMILES string of the molecule is CC(C)(S)CC(C)(C)C(=O)N1CCCC2CCCCC21. The standard InChI is InChI=1S/C17H31NOS/c1-16(2,12-17(3,4)20)15(19)18-11-7-9-13-8-5-6-10-14(13)18/h13-14,20H,5-12H2,1-4H3. The fraction of sp³-hybridized carbons (Fsp3) is 0.941. The summed E-state index contributed by atoms with van der Waals surface area (Å²) in [4.78, 5) is 15.3. The number of hydrogen-bond acceptors (Lipinski definition) is 2. The highest BCUT2D eigenvalue weighted by molar-refractivity contribution is 7.81. The van der Waals surface area contributed by atoms with Crippen LogP contribution in [0.1, 0.15) is 72.6 Å². The van der Waals surface area contributed by atoms with Gasteiger partial charge in [-0.2, -0.15) is 12.6 Å². The van der Waals surface area contributed by atoms with Crippen molar-refractivity contribution in [1.29, 1.82) is 0 Å². The van der Waals surface area contributed by atoms with Gasteiger partial charge in [-0.15, -0.1) is 0 Å². The van der Waals surface area contributed by atoms with Gasteiger partial charge >= 0.3 is 0 Å². The van der Waals surface area contributed by atoms with Crippen molar-refractivity contribution in [2.75, 3.05) is 6.54 Å². The van der Waals surface area contributed by atoms with E-state index in [2.05, 4.69) is 45.2 Å². The van der Waals surface area contributed by atoms with Crippen LogP contribution in [-0.2, 0) is 4.79 Å². The molecule has 0 N–H and O–H groups in total. The van der Waals surface area contributed by atoms with Crippen LogP contribution in [0.5, 0.6) is 0 Å². The Balaban J connectivity index is 2.10. The van der Waals surface area contributed by atoms with Gasteiger partial charge in [-0.1, -0.05) is 40.5 Å². The van der Waals surface area contributed by atoms with E-state index in [1.807, 2.05) is 0 Å². The van der Waals surface area contributed by atoms with Gasteiger partial charge in [0, 0.05) is 22.7 Å². The molecule has 0 aromatic carbocycles. The van der Waals surface area contributed by atoms with Crippen LogP contribution in [0.4, 0.5) is 0 Å². The predicted molar refractivity (Wildman–Crippen MR) is 88.2 cm³/mol. The molecule has 0 spiro atoms. The molecule has 2 unspecified atom stereocenters. The lowest BCUT2D eigenvalue weighted by Gasteiger charge is -2.47. The molecule has 1 heterocycles. The normalized spacial score (nSPS) is 28.1. The van der Waals surface area contributed by atoms with Crippen molar-refractivity contribution in [2.24, 2.45) is 11.3 Å². The second-order valence-electron chi connectivity index (χ2n) is 8.13. The van der Waals surface area contributed by atoms with Gasteiger partial charge in [0.25, 0.3) is 0 Å². The van der Waals surface area contributed by atoms with Gasteiger partial charge < -0.3 is 4.90 Å². The van der Waals surface area contributed by atoms with Gasteiger partial charge in [-0.05, 0) is 38.0 Å². The van der Waals surface area contributed by atoms with E-state index in [0.717, 1.165) is 18.9 Å². The number of piperidine rings is 1. The van der Waals surface area contributed by atoms with Gasteiger partial charge in [-0.3, -0.25) is 4.79 Å². The first kappa shape index (κ1) is 16.2. The fourth-order valence-corrected chi connectivity index (χ4v) is 4.82. The van der Waals surface area contributed by atoms with E-state index in [1.54, 1.807) is 0 Å². The minimum Gasteiger partial charge on any atom is -0.339 e. The van der Waals surface area contributed by atoms with Gasteiger partial charge in [0.1, 0.15) is 0 Å². The lowest BCUT2D eigenvalue weighted by atomic mass is 9.76. The molecule has 2 aliphatic rings. The molecular formula is C17H31NOS. The molecule has 2 nitrogen and oxygen atoms in total. The Morgan fingerprint density at radius 2 is 1.70 bits per heavy atom. The average molecular weight is 298 g/mol. The molecule has 2 fully saturated rings. The van der Waals surface area contributed by atoms with Crippen LogP contribution in [0.15, 0.2) is 0 Å². The van der Waals surface area contributed by atoms with Crippen LogP contribution in [-0.4, -0.2) is 28.1 Å². The molecule has 1 aliphatic carbocycles. The Labute approximate surface area is 130 Å². The number of nitrogens with zero attached hydrogens (tertiary/aromatic N) is 1. The van der Waals surface area contributed by atoms with Crippen molar-refractivity contribution in [3.05, 3.63) is 0 Å². The van der Waals surface area contributed by atoms with Crippen molar-refractivity contribution in [3.63, 3.8) is 0 Å². The first-order chi connectivity index (χ1) is 9.21. The first-order valence-corrected chi connectivity index (χ1v) is 8.69. The molecule has 116 valence electrons. The Morgan fingerprint density at radius 1 is 1.10 bits per heavy atom. The second kappa shape index (κ2) is 5.90. The van der Waals surface area contributed by atoms with Gasteiger partial charge in [0.05, 0.1) is 0 Å². The molecule has 0 radical (unpaired) electrons. The number of rotatable bonds is 3. The average Bonchev–Trinajstić information content (AvgIpc) is 2.34. The molecular weight excluding hydrogens is 266 g/mol. The van der Waals surface area contributed by atoms with Crippen molar-refractivity contribution < 1.29 is 4.79 Å². The van der Waals surface area contributed by atoms with E-state index in [-0.39, 0.29) is 10.2 Å². The Kier molecular flexibility index (Phi) is 4.78. The zero-order valence-corrected chi connectivity index (χ0v) is 14.5. The summed E-state index contributed by atoms with van der Waals surface area (Å²) in [7, 11) is 0. The summed E-state index contributed by atoms with van der Waals surface area (Å²) in [5.74, 6) is 1.12. The van der Waals surface area contributed by atoms with Crippen LogP contribution in [0, 0.1) is 11.3 Å². The molecule has 20 heavy (non-hydrogen) atoms. The number of carbonyl (C=O) groups excluding carboxylic acids is 1. The lowest BCUT2D eigenvalue weighted by Crippen LogP contribution is -2.54. The summed E-state index contributed by atoms with van der Waals surface area (Å²) in [6.45, 7) is 9.37. The van der Waals surface area contributed by atoms with E-state index in [4.69, 9.17) is 0 Å². The number of likely N-dealkylation sites (tertiary alicyclic amines) is 1. The van der Waals surface area contributed by atoms with Crippen LogP contribution in [0.25, 0.3) is 0 Å². The molecule has 1 aliphatic heterocycles. The second-order valence-corrected chi connectivity index (χ2v) is 9.34. The van der Waals surface area contributed by atoms with Gasteiger partial charge in [0.15, 0.2) is 0 Å². The minimum atomic E-state index is -0.301. The van der Waals surface area contributed by atoms with E-state index in [9.17, 15) is 4.79 Å². The monoisotopic (exact) mass is 297 g/mol. The molecule has 0 bridgehead atoms. The molecule has 0 aromatic rings. The molecule has 2 atom stereocenters. The summed E-state index contributed by atoms with van der Waals surface area (Å²) in [6, 6.07) is 0.521. The van der Waals surface area contributed by atoms with E-state index in [0.29, 0.717) is 11.9 Å².